The van der Waals surface area contributed by atoms with Crippen LogP contribution in [0.25, 0.3) is 0 Å². The smallest absolute Gasteiger partial charge is 0.219 e. The second-order valence-electron chi connectivity index (χ2n) is 4.84. The fraction of sp³-hybridized carbons (Fsp3) is 0.533. The van der Waals surface area contributed by atoms with Crippen molar-refractivity contribution in [2.75, 3.05) is 6.54 Å². The summed E-state index contributed by atoms with van der Waals surface area (Å²) in [7, 11) is 0. The highest BCUT2D eigenvalue weighted by atomic mass is 16.1. The van der Waals surface area contributed by atoms with Crippen molar-refractivity contribution in [1.29, 1.82) is 5.26 Å². The zero-order chi connectivity index (χ0) is 15.8. The first-order valence-corrected chi connectivity index (χ1v) is 6.99. The monoisotopic (exact) mass is 288 g/mol. The summed E-state index contributed by atoms with van der Waals surface area (Å²) in [6, 6.07) is 3.75. The molecule has 1 unspecified atom stereocenters. The fourth-order valence-electron chi connectivity index (χ4n) is 2.01. The van der Waals surface area contributed by atoms with Crippen molar-refractivity contribution in [3.63, 3.8) is 0 Å². The van der Waals surface area contributed by atoms with E-state index in [1.54, 1.807) is 19.9 Å². The molecule has 1 aromatic heterocycles. The third kappa shape index (κ3) is 5.30. The molecule has 1 heterocycles. The number of nitriles is 1. The molecule has 0 spiro atoms. The lowest BCUT2D eigenvalue weighted by molar-refractivity contribution is -0.121. The maximum absolute atomic E-state index is 12.1. The highest BCUT2D eigenvalue weighted by Gasteiger charge is 2.23. The van der Waals surface area contributed by atoms with E-state index in [1.807, 2.05) is 13.0 Å². The highest BCUT2D eigenvalue weighted by molar-refractivity contribution is 5.88. The zero-order valence-corrected chi connectivity index (χ0v) is 12.6. The zero-order valence-electron chi connectivity index (χ0n) is 12.6. The minimum atomic E-state index is -0.960. The van der Waals surface area contributed by atoms with E-state index < -0.39 is 5.92 Å². The maximum Gasteiger partial charge on any atom is 0.219 e. The van der Waals surface area contributed by atoms with Gasteiger partial charge in [-0.15, -0.1) is 0 Å². The first-order chi connectivity index (χ1) is 9.97. The van der Waals surface area contributed by atoms with Gasteiger partial charge in [-0.2, -0.15) is 5.26 Å². The molecular weight excluding hydrogens is 268 g/mol. The number of amides is 1. The van der Waals surface area contributed by atoms with Gasteiger partial charge >= 0.3 is 0 Å². The van der Waals surface area contributed by atoms with Crippen LogP contribution in [-0.2, 0) is 9.59 Å². The van der Waals surface area contributed by atoms with Crippen molar-refractivity contribution in [3.8, 4) is 6.07 Å². The Balaban J connectivity index is 2.66. The van der Waals surface area contributed by atoms with Crippen LogP contribution in [0.4, 0.5) is 0 Å². The first kappa shape index (κ1) is 16.8. The summed E-state index contributed by atoms with van der Waals surface area (Å²) < 4.78 is 0. The molecule has 1 amide bonds. The van der Waals surface area contributed by atoms with Crippen LogP contribution >= 0.6 is 0 Å². The van der Waals surface area contributed by atoms with Gasteiger partial charge in [0.05, 0.1) is 6.07 Å². The van der Waals surface area contributed by atoms with E-state index in [0.29, 0.717) is 13.0 Å². The van der Waals surface area contributed by atoms with Crippen molar-refractivity contribution in [1.82, 2.24) is 15.3 Å². The topological polar surface area (TPSA) is 95.7 Å². The first-order valence-electron chi connectivity index (χ1n) is 6.99. The van der Waals surface area contributed by atoms with Gasteiger partial charge in [-0.1, -0.05) is 0 Å². The van der Waals surface area contributed by atoms with E-state index in [2.05, 4.69) is 15.3 Å². The standard InChI is InChI=1S/C15H20N4O2/c1-4-17-14(21)7-5-6-13(20)12(9-16)15-18-10(2)8-11(3)19-15/h8,12H,4-7H2,1-3H3,(H,17,21). The summed E-state index contributed by atoms with van der Waals surface area (Å²) in [6.07, 6.45) is 0.880. The van der Waals surface area contributed by atoms with Crippen molar-refractivity contribution >= 4 is 11.7 Å². The molecule has 112 valence electrons. The predicted octanol–water partition coefficient (Wildman–Crippen LogP) is 1.58. The number of carbonyl (C=O) groups is 2. The minimum Gasteiger partial charge on any atom is -0.356 e. The molecule has 0 radical (unpaired) electrons. The third-order valence-corrected chi connectivity index (χ3v) is 2.91. The van der Waals surface area contributed by atoms with Gasteiger partial charge in [0.2, 0.25) is 5.91 Å². The molecule has 21 heavy (non-hydrogen) atoms. The molecule has 6 nitrogen and oxygen atoms in total. The number of Topliss-reactive ketones (excluding diaryl/α,β-unsaturated/α-hetero) is 1. The number of hydrogen-bond acceptors (Lipinski definition) is 5. The molecule has 1 N–H and O–H groups in total. The van der Waals surface area contributed by atoms with Gasteiger partial charge in [-0.05, 0) is 33.3 Å². The number of ketones is 1. The Labute approximate surface area is 124 Å². The Bertz CT molecular complexity index is 543. The van der Waals surface area contributed by atoms with Gasteiger partial charge in [0.15, 0.2) is 17.5 Å². The van der Waals surface area contributed by atoms with Crippen molar-refractivity contribution < 1.29 is 9.59 Å². The number of carbonyl (C=O) groups excluding carboxylic acids is 2. The Hall–Kier alpha value is -2.29. The van der Waals surface area contributed by atoms with Crippen molar-refractivity contribution in [2.24, 2.45) is 0 Å². The lowest BCUT2D eigenvalue weighted by Gasteiger charge is -2.08. The molecule has 1 aromatic rings. The molecule has 0 aliphatic heterocycles. The predicted molar refractivity (Wildman–Crippen MR) is 77.4 cm³/mol. The van der Waals surface area contributed by atoms with Gasteiger partial charge in [-0.3, -0.25) is 9.59 Å². The van der Waals surface area contributed by atoms with E-state index >= 15 is 0 Å². The number of nitrogens with one attached hydrogen (secondary N) is 1. The third-order valence-electron chi connectivity index (χ3n) is 2.91. The number of nitrogens with zero attached hydrogens (tertiary/aromatic N) is 3. The molecule has 0 aliphatic carbocycles. The molecule has 0 saturated carbocycles. The average Bonchev–Trinajstić information content (AvgIpc) is 2.38. The van der Waals surface area contributed by atoms with Crippen LogP contribution in [0.5, 0.6) is 0 Å². The molecule has 0 fully saturated rings. The molecule has 0 bridgehead atoms. The number of hydrogen-bond donors (Lipinski definition) is 1. The van der Waals surface area contributed by atoms with Crippen LogP contribution in [-0.4, -0.2) is 28.2 Å². The summed E-state index contributed by atoms with van der Waals surface area (Å²) in [6.45, 7) is 6.01. The van der Waals surface area contributed by atoms with Gasteiger partial charge in [0.25, 0.3) is 0 Å². The van der Waals surface area contributed by atoms with Crippen molar-refractivity contribution in [2.45, 2.75) is 46.0 Å². The number of aryl methyl sites for hydroxylation is 2. The second-order valence-corrected chi connectivity index (χ2v) is 4.84. The Morgan fingerprint density at radius 2 is 1.90 bits per heavy atom. The molecule has 1 atom stereocenters. The molecular formula is C15H20N4O2. The van der Waals surface area contributed by atoms with Crippen molar-refractivity contribution in [3.05, 3.63) is 23.3 Å². The highest BCUT2D eigenvalue weighted by Crippen LogP contribution is 2.16. The summed E-state index contributed by atoms with van der Waals surface area (Å²) in [5.74, 6) is -1.04. The molecule has 0 aliphatic rings. The van der Waals surface area contributed by atoms with Crippen LogP contribution in [0.3, 0.4) is 0 Å². The Kier molecular flexibility index (Phi) is 6.47. The van der Waals surface area contributed by atoms with Gasteiger partial charge in [-0.25, -0.2) is 9.97 Å². The largest absolute Gasteiger partial charge is 0.356 e. The Morgan fingerprint density at radius 1 is 1.29 bits per heavy atom. The SMILES string of the molecule is CCNC(=O)CCCC(=O)C(C#N)c1nc(C)cc(C)n1. The van der Waals surface area contributed by atoms with Crippen LogP contribution in [0.1, 0.15) is 49.3 Å². The van der Waals surface area contributed by atoms with Gasteiger partial charge < -0.3 is 5.32 Å². The van der Waals surface area contributed by atoms with E-state index in [9.17, 15) is 14.9 Å². The van der Waals surface area contributed by atoms with Gasteiger partial charge in [0.1, 0.15) is 0 Å². The summed E-state index contributed by atoms with van der Waals surface area (Å²) in [5.41, 5.74) is 1.46. The number of rotatable bonds is 7. The van der Waals surface area contributed by atoms with Crippen LogP contribution in [0, 0.1) is 25.2 Å². The second kappa shape index (κ2) is 8.10. The molecule has 6 heteroatoms. The minimum absolute atomic E-state index is 0.0820. The van der Waals surface area contributed by atoms with E-state index in [-0.39, 0.29) is 30.4 Å². The molecule has 1 rings (SSSR count). The van der Waals surface area contributed by atoms with Gasteiger partial charge in [0, 0.05) is 30.8 Å². The summed E-state index contributed by atoms with van der Waals surface area (Å²) in [4.78, 5) is 31.7. The Morgan fingerprint density at radius 3 is 2.43 bits per heavy atom. The quantitative estimate of drug-likeness (QED) is 0.821. The number of aromatic nitrogens is 2. The summed E-state index contributed by atoms with van der Waals surface area (Å²) >= 11 is 0. The molecule has 0 saturated heterocycles. The van der Waals surface area contributed by atoms with E-state index in [4.69, 9.17) is 0 Å². The van der Waals surface area contributed by atoms with E-state index in [1.165, 1.54) is 0 Å². The summed E-state index contributed by atoms with van der Waals surface area (Å²) in [5, 5.41) is 11.9. The molecule has 0 aromatic carbocycles. The lowest BCUT2D eigenvalue weighted by Crippen LogP contribution is -2.22. The normalized spacial score (nSPS) is 11.5. The maximum atomic E-state index is 12.1. The van der Waals surface area contributed by atoms with Crippen LogP contribution in [0.15, 0.2) is 6.07 Å². The van der Waals surface area contributed by atoms with E-state index in [0.717, 1.165) is 11.4 Å². The lowest BCUT2D eigenvalue weighted by atomic mass is 9.99. The fourth-order valence-corrected chi connectivity index (χ4v) is 2.01. The van der Waals surface area contributed by atoms with Crippen LogP contribution < -0.4 is 5.32 Å². The van der Waals surface area contributed by atoms with Crippen LogP contribution in [0.2, 0.25) is 0 Å². The average molecular weight is 288 g/mol.